The van der Waals surface area contributed by atoms with E-state index in [1.807, 2.05) is 0 Å². The van der Waals surface area contributed by atoms with Crippen LogP contribution in [0.25, 0.3) is 0 Å². The molecular weight excluding hydrogens is 178 g/mol. The third-order valence-electron chi connectivity index (χ3n) is 2.32. The Kier molecular flexibility index (Phi) is 2.99. The Balaban J connectivity index is 2.32. The van der Waals surface area contributed by atoms with Gasteiger partial charge in [-0.3, -0.25) is 0 Å². The van der Waals surface area contributed by atoms with E-state index in [1.54, 1.807) is 0 Å². The summed E-state index contributed by atoms with van der Waals surface area (Å²) in [7, 11) is 0. The number of hydrogen-bond acceptors (Lipinski definition) is 1. The highest BCUT2D eigenvalue weighted by molar-refractivity contribution is 9.09. The van der Waals surface area contributed by atoms with Gasteiger partial charge in [-0.05, 0) is 31.2 Å². The molecule has 1 fully saturated rings. The first-order valence-corrected chi connectivity index (χ1v) is 4.76. The van der Waals surface area contributed by atoms with Crippen molar-refractivity contribution in [1.29, 1.82) is 0 Å². The van der Waals surface area contributed by atoms with Crippen LogP contribution in [0, 0.1) is 11.8 Å². The van der Waals surface area contributed by atoms with Gasteiger partial charge in [-0.25, -0.2) is 0 Å². The third kappa shape index (κ3) is 1.68. The van der Waals surface area contributed by atoms with Crippen molar-refractivity contribution in [3.8, 4) is 0 Å². The summed E-state index contributed by atoms with van der Waals surface area (Å²) < 4.78 is 0. The van der Waals surface area contributed by atoms with Crippen LogP contribution in [0.3, 0.4) is 0 Å². The standard InChI is InChI=1S/C7H14BrN/c8-4-6-2-1-3-7(6)5-9/h6-7H,1-5,9H2. The molecule has 1 nitrogen and oxygen atoms in total. The van der Waals surface area contributed by atoms with Gasteiger partial charge in [0.25, 0.3) is 0 Å². The summed E-state index contributed by atoms with van der Waals surface area (Å²) in [4.78, 5) is 0. The van der Waals surface area contributed by atoms with Crippen LogP contribution in [0.4, 0.5) is 0 Å². The quantitative estimate of drug-likeness (QED) is 0.662. The molecule has 1 aliphatic carbocycles. The predicted molar refractivity (Wildman–Crippen MR) is 43.7 cm³/mol. The van der Waals surface area contributed by atoms with Gasteiger partial charge in [-0.15, -0.1) is 0 Å². The fraction of sp³-hybridized carbons (Fsp3) is 1.00. The van der Waals surface area contributed by atoms with Crippen molar-refractivity contribution < 1.29 is 0 Å². The SMILES string of the molecule is NCC1CCCC1CBr. The highest BCUT2D eigenvalue weighted by Gasteiger charge is 2.24. The molecule has 9 heavy (non-hydrogen) atoms. The van der Waals surface area contributed by atoms with E-state index >= 15 is 0 Å². The number of alkyl halides is 1. The molecule has 54 valence electrons. The lowest BCUT2D eigenvalue weighted by atomic mass is 9.99. The summed E-state index contributed by atoms with van der Waals surface area (Å²) in [6, 6.07) is 0. The summed E-state index contributed by atoms with van der Waals surface area (Å²) in [6.45, 7) is 0.885. The van der Waals surface area contributed by atoms with Crippen molar-refractivity contribution in [3.05, 3.63) is 0 Å². The smallest absolute Gasteiger partial charge is 0.00627 e. The Morgan fingerprint density at radius 1 is 1.33 bits per heavy atom. The monoisotopic (exact) mass is 191 g/mol. The first-order chi connectivity index (χ1) is 4.38. The van der Waals surface area contributed by atoms with E-state index in [1.165, 1.54) is 19.3 Å². The molecule has 1 aliphatic rings. The molecule has 0 aromatic carbocycles. The van der Waals surface area contributed by atoms with E-state index in [-0.39, 0.29) is 0 Å². The summed E-state index contributed by atoms with van der Waals surface area (Å²) in [5.74, 6) is 1.68. The Morgan fingerprint density at radius 3 is 2.44 bits per heavy atom. The second-order valence-corrected chi connectivity index (χ2v) is 3.49. The highest BCUT2D eigenvalue weighted by Crippen LogP contribution is 2.31. The van der Waals surface area contributed by atoms with Gasteiger partial charge in [0, 0.05) is 5.33 Å². The number of nitrogens with two attached hydrogens (primary N) is 1. The van der Waals surface area contributed by atoms with Crippen molar-refractivity contribution in [3.63, 3.8) is 0 Å². The van der Waals surface area contributed by atoms with Gasteiger partial charge < -0.3 is 5.73 Å². The van der Waals surface area contributed by atoms with Crippen LogP contribution >= 0.6 is 15.9 Å². The molecule has 0 saturated heterocycles. The topological polar surface area (TPSA) is 26.0 Å². The molecule has 1 rings (SSSR count). The zero-order valence-corrected chi connectivity index (χ0v) is 7.23. The molecule has 0 bridgehead atoms. The molecule has 0 aliphatic heterocycles. The van der Waals surface area contributed by atoms with E-state index in [4.69, 9.17) is 5.73 Å². The lowest BCUT2D eigenvalue weighted by Gasteiger charge is -2.13. The lowest BCUT2D eigenvalue weighted by molar-refractivity contribution is 0.438. The largest absolute Gasteiger partial charge is 0.330 e. The average molecular weight is 192 g/mol. The van der Waals surface area contributed by atoms with Crippen LogP contribution in [-0.4, -0.2) is 11.9 Å². The molecule has 2 atom stereocenters. The van der Waals surface area contributed by atoms with Crippen LogP contribution in [0.1, 0.15) is 19.3 Å². The molecule has 0 amide bonds. The maximum Gasteiger partial charge on any atom is 0.00627 e. The summed E-state index contributed by atoms with van der Waals surface area (Å²) in [5, 5.41) is 1.15. The Labute approximate surface area is 65.1 Å². The van der Waals surface area contributed by atoms with Crippen molar-refractivity contribution in [2.75, 3.05) is 11.9 Å². The fourth-order valence-electron chi connectivity index (χ4n) is 1.63. The van der Waals surface area contributed by atoms with Gasteiger partial charge >= 0.3 is 0 Å². The second kappa shape index (κ2) is 3.57. The molecule has 0 radical (unpaired) electrons. The van der Waals surface area contributed by atoms with Gasteiger partial charge in [0.15, 0.2) is 0 Å². The van der Waals surface area contributed by atoms with Gasteiger partial charge in [0.2, 0.25) is 0 Å². The molecule has 0 spiro atoms. The van der Waals surface area contributed by atoms with Gasteiger partial charge in [-0.1, -0.05) is 22.4 Å². The summed E-state index contributed by atoms with van der Waals surface area (Å²) in [6.07, 6.45) is 4.12. The zero-order chi connectivity index (χ0) is 6.69. The number of halogens is 1. The maximum atomic E-state index is 5.58. The molecule has 2 heteroatoms. The van der Waals surface area contributed by atoms with Gasteiger partial charge in [-0.2, -0.15) is 0 Å². The minimum Gasteiger partial charge on any atom is -0.330 e. The highest BCUT2D eigenvalue weighted by atomic mass is 79.9. The first-order valence-electron chi connectivity index (χ1n) is 3.64. The second-order valence-electron chi connectivity index (χ2n) is 2.84. The van der Waals surface area contributed by atoms with E-state index in [9.17, 15) is 0 Å². The normalized spacial score (nSPS) is 35.3. The molecule has 2 N–H and O–H groups in total. The fourth-order valence-corrected chi connectivity index (χ4v) is 2.48. The Hall–Kier alpha value is 0.440. The first kappa shape index (κ1) is 7.55. The van der Waals surface area contributed by atoms with E-state index in [0.29, 0.717) is 0 Å². The molecule has 2 unspecified atom stereocenters. The minimum atomic E-state index is 0.810. The summed E-state index contributed by atoms with van der Waals surface area (Å²) >= 11 is 3.50. The van der Waals surface area contributed by atoms with Gasteiger partial charge in [0.05, 0.1) is 0 Å². The van der Waals surface area contributed by atoms with Crippen LogP contribution in [0.2, 0.25) is 0 Å². The lowest BCUT2D eigenvalue weighted by Crippen LogP contribution is -2.19. The maximum absolute atomic E-state index is 5.58. The van der Waals surface area contributed by atoms with E-state index in [0.717, 1.165) is 23.7 Å². The van der Waals surface area contributed by atoms with Crippen molar-refractivity contribution >= 4 is 15.9 Å². The van der Waals surface area contributed by atoms with Crippen molar-refractivity contribution in [1.82, 2.24) is 0 Å². The van der Waals surface area contributed by atoms with Crippen LogP contribution in [0.15, 0.2) is 0 Å². The molecule has 0 aromatic rings. The van der Waals surface area contributed by atoms with Crippen molar-refractivity contribution in [2.24, 2.45) is 17.6 Å². The number of rotatable bonds is 2. The summed E-state index contributed by atoms with van der Waals surface area (Å²) in [5.41, 5.74) is 5.58. The molecule has 1 saturated carbocycles. The number of hydrogen-bond donors (Lipinski definition) is 1. The van der Waals surface area contributed by atoms with E-state index < -0.39 is 0 Å². The van der Waals surface area contributed by atoms with Crippen LogP contribution in [0.5, 0.6) is 0 Å². The third-order valence-corrected chi connectivity index (χ3v) is 3.15. The zero-order valence-electron chi connectivity index (χ0n) is 5.65. The van der Waals surface area contributed by atoms with E-state index in [2.05, 4.69) is 15.9 Å². The molecule has 0 aromatic heterocycles. The minimum absolute atomic E-state index is 0.810. The Morgan fingerprint density at radius 2 is 2.00 bits per heavy atom. The van der Waals surface area contributed by atoms with Gasteiger partial charge in [0.1, 0.15) is 0 Å². The van der Waals surface area contributed by atoms with Crippen LogP contribution < -0.4 is 5.73 Å². The molecule has 0 heterocycles. The molecular formula is C7H14BrN. The van der Waals surface area contributed by atoms with Crippen molar-refractivity contribution in [2.45, 2.75) is 19.3 Å². The predicted octanol–water partition coefficient (Wildman–Crippen LogP) is 1.76. The Bertz CT molecular complexity index is 75.0. The average Bonchev–Trinajstić information content (AvgIpc) is 2.33. The van der Waals surface area contributed by atoms with Crippen LogP contribution in [-0.2, 0) is 0 Å².